The summed E-state index contributed by atoms with van der Waals surface area (Å²) in [5.41, 5.74) is 1.25. The van der Waals surface area contributed by atoms with Crippen molar-refractivity contribution in [3.63, 3.8) is 0 Å². The minimum Gasteiger partial charge on any atom is -0.744 e. The second-order valence-corrected chi connectivity index (χ2v) is 27.2. The molecule has 3 aromatic rings. The molecule has 32 heteroatoms. The lowest BCUT2D eigenvalue weighted by atomic mass is 9.81. The number of ether oxygens (including phenoxy) is 1. The number of likely N-dealkylation sites (N-methyl/N-ethyl adjacent to an activating group) is 1. The number of phosphoric ester groups is 1. The third kappa shape index (κ3) is 17.5. The highest BCUT2D eigenvalue weighted by Gasteiger charge is 2.46. The number of aromatic nitrogens is 2. The van der Waals surface area contributed by atoms with E-state index in [9.17, 15) is 68.9 Å². The van der Waals surface area contributed by atoms with E-state index < -0.39 is 90.8 Å². The maximum absolute atomic E-state index is 12.8. The number of aliphatic hydroxyl groups excluding tert-OH is 1. The number of hydrogen-bond donors (Lipinski definition) is 8. The Morgan fingerprint density at radius 3 is 2.14 bits per heavy atom. The molecule has 8 N–H and O–H groups in total. The normalized spacial score (nSPS) is 20.9. The van der Waals surface area contributed by atoms with Crippen LogP contribution in [0.15, 0.2) is 92.0 Å². The monoisotopic (exact) mass is 1240 g/mol. The maximum Gasteiger partial charge on any atom is 0.490 e. The highest BCUT2D eigenvalue weighted by molar-refractivity contribution is 7.86. The first-order chi connectivity index (χ1) is 37.5. The fraction of sp³-hybridized carbons (Fsp3) is 0.510. The topological polar surface area (TPSA) is 394 Å². The predicted octanol–water partition coefficient (Wildman–Crippen LogP) is 5.05. The molecule has 5 atom stereocenters. The molecule has 0 radical (unpaired) electrons. The molecule has 3 aliphatic rings. The van der Waals surface area contributed by atoms with Gasteiger partial charge in [-0.2, -0.15) is 21.6 Å². The van der Waals surface area contributed by atoms with Crippen LogP contribution in [0, 0.1) is 0 Å². The van der Waals surface area contributed by atoms with Crippen molar-refractivity contribution in [2.45, 2.75) is 127 Å². The molecule has 2 unspecified atom stereocenters. The van der Waals surface area contributed by atoms with E-state index in [-0.39, 0.29) is 40.6 Å². The minimum atomic E-state index is -5.80. The lowest BCUT2D eigenvalue weighted by molar-refractivity contribution is -0.438. The second-order valence-electron chi connectivity index (χ2n) is 19.9. The number of allylic oxidation sites excluding steroid dienone is 4. The smallest absolute Gasteiger partial charge is 0.490 e. The van der Waals surface area contributed by atoms with Crippen LogP contribution in [-0.4, -0.2) is 139 Å². The SMILES string of the molecule is CCN(CC)CC.CCN1/C(=C/C=C/C2=[N+](CCCCCC(=O)NC/C=C/c3cn([C@H]4C[C@@H](O)[C@@H](COP(=O)(O)OP(=O)(O)OP(=O)(O)O)O4)c(=O)[nH]c3=O)c3ccc(S(=O)(=O)O)cc3C2(C)C)C(C)(C)c2cc(S(=O)(=O)[O-])ccc21. The Morgan fingerprint density at radius 1 is 0.901 bits per heavy atom. The third-order valence-electron chi connectivity index (χ3n) is 13.8. The van der Waals surface area contributed by atoms with Crippen LogP contribution in [0.3, 0.4) is 0 Å². The number of unbranched alkanes of at least 4 members (excludes halogenated alkanes) is 2. The van der Waals surface area contributed by atoms with Crippen LogP contribution in [0.5, 0.6) is 0 Å². The Bertz CT molecular complexity index is 3440. The van der Waals surface area contributed by atoms with Gasteiger partial charge < -0.3 is 49.1 Å². The van der Waals surface area contributed by atoms with Gasteiger partial charge in [0.15, 0.2) is 5.71 Å². The van der Waals surface area contributed by atoms with Crippen molar-refractivity contribution in [3.05, 3.63) is 110 Å². The van der Waals surface area contributed by atoms with Gasteiger partial charge in [-0.05, 0) is 95.2 Å². The van der Waals surface area contributed by atoms with Gasteiger partial charge in [-0.25, -0.2) is 26.9 Å². The van der Waals surface area contributed by atoms with E-state index >= 15 is 0 Å². The van der Waals surface area contributed by atoms with E-state index in [2.05, 4.69) is 53.7 Å². The number of aromatic amines is 1. The summed E-state index contributed by atoms with van der Waals surface area (Å²) in [6, 6.07) is 8.76. The van der Waals surface area contributed by atoms with E-state index in [1.54, 1.807) is 12.1 Å². The summed E-state index contributed by atoms with van der Waals surface area (Å²) in [4.78, 5) is 80.5. The predicted molar refractivity (Wildman–Crippen MR) is 296 cm³/mol. The summed E-state index contributed by atoms with van der Waals surface area (Å²) >= 11 is 0. The number of anilines is 1. The van der Waals surface area contributed by atoms with Crippen molar-refractivity contribution in [2.75, 3.05) is 50.8 Å². The first kappa shape index (κ1) is 67.2. The molecule has 0 bridgehead atoms. The number of carbonyl (C=O) groups is 1. The fourth-order valence-electron chi connectivity index (χ4n) is 9.63. The third-order valence-corrected chi connectivity index (χ3v) is 19.3. The van der Waals surface area contributed by atoms with Crippen LogP contribution in [0.1, 0.15) is 110 Å². The number of phosphoric acid groups is 3. The average Bonchev–Trinajstić information content (AvgIpc) is 4.17. The van der Waals surface area contributed by atoms with Crippen molar-refractivity contribution in [1.82, 2.24) is 19.8 Å². The molecule has 3 aliphatic heterocycles. The standard InChI is InChI=1S/C43H56N5O21P3S2.C6H15N/c1-6-46-32-18-16-28(73(60,61)62)22-30(32)42(2,3)36(46)13-10-14-37-43(4,5)31-23-29(74(63,64)65)17-19-33(31)47(37)21-9-7-8-15-38(50)44-20-11-12-27-25-48(41(52)45-40(27)51)39-24-34(49)35(67-39)26-66-71(56,57)69-72(58,59)68-70(53,54)55;1-4-7(5-2)6-3/h10-14,16-19,22-23,25,34-35,39,49H,6-9,15,20-21,24,26H2,1-5H3,(H7-,44,45,50,51,52,53,54,55,56,57,58,59,60,61,62,63,64,65);4-6H2,1-3H3/b12-11+;/t34-,35-,39-;/m1./s1. The molecule has 1 fully saturated rings. The van der Waals surface area contributed by atoms with E-state index in [0.717, 1.165) is 33.5 Å². The summed E-state index contributed by atoms with van der Waals surface area (Å²) in [5, 5.41) is 13.2. The maximum atomic E-state index is 12.8. The zero-order chi connectivity index (χ0) is 60.7. The fourth-order valence-corrected chi connectivity index (χ4v) is 13.7. The lowest BCUT2D eigenvalue weighted by Crippen LogP contribution is -2.33. The first-order valence-corrected chi connectivity index (χ1v) is 33.0. The van der Waals surface area contributed by atoms with Crippen LogP contribution in [-0.2, 0) is 67.4 Å². The largest absolute Gasteiger partial charge is 0.744 e. The van der Waals surface area contributed by atoms with Crippen LogP contribution >= 0.6 is 23.5 Å². The molecule has 1 saturated heterocycles. The summed E-state index contributed by atoms with van der Waals surface area (Å²) in [5.74, 6) is -0.304. The van der Waals surface area contributed by atoms with Gasteiger partial charge in [0.25, 0.3) is 15.7 Å². The van der Waals surface area contributed by atoms with E-state index in [1.807, 2.05) is 57.7 Å². The number of nitrogens with one attached hydrogen (secondary N) is 2. The number of H-pyrrole nitrogens is 1. The molecule has 0 spiro atoms. The Kier molecular flexibility index (Phi) is 22.4. The van der Waals surface area contributed by atoms with Crippen molar-refractivity contribution in [2.24, 2.45) is 0 Å². The van der Waals surface area contributed by atoms with Gasteiger partial charge in [-0.1, -0.05) is 52.8 Å². The van der Waals surface area contributed by atoms with E-state index in [1.165, 1.54) is 56.1 Å². The van der Waals surface area contributed by atoms with Gasteiger partial charge in [0.1, 0.15) is 29.0 Å². The molecule has 0 aliphatic carbocycles. The second kappa shape index (κ2) is 27.0. The van der Waals surface area contributed by atoms with Crippen LogP contribution in [0.2, 0.25) is 0 Å². The van der Waals surface area contributed by atoms with Crippen LogP contribution in [0.25, 0.3) is 6.08 Å². The van der Waals surface area contributed by atoms with Gasteiger partial charge in [-0.15, -0.1) is 0 Å². The summed E-state index contributed by atoms with van der Waals surface area (Å²) in [6.07, 6.45) is 6.89. The molecule has 0 saturated carbocycles. The Balaban J connectivity index is 0.00000161. The zero-order valence-electron chi connectivity index (χ0n) is 45.9. The number of rotatable bonds is 25. The number of carbonyl (C=O) groups excluding carboxylic acids is 1. The molecule has 1 aromatic heterocycles. The average molecular weight is 1240 g/mol. The Hall–Kier alpha value is -4.61. The summed E-state index contributed by atoms with van der Waals surface area (Å²) in [6.45, 7) is 19.8. The number of amides is 1. The molecule has 81 heavy (non-hydrogen) atoms. The van der Waals surface area contributed by atoms with Crippen LogP contribution < -0.4 is 21.5 Å². The van der Waals surface area contributed by atoms with Gasteiger partial charge >= 0.3 is 29.2 Å². The van der Waals surface area contributed by atoms with Gasteiger partial charge in [0.05, 0.1) is 33.5 Å². The van der Waals surface area contributed by atoms with Gasteiger partial charge in [0, 0.05) is 73.1 Å². The van der Waals surface area contributed by atoms with Crippen molar-refractivity contribution < 1.29 is 91.6 Å². The number of nitrogens with zero attached hydrogens (tertiary/aromatic N) is 4. The molecule has 450 valence electrons. The van der Waals surface area contributed by atoms with Crippen molar-refractivity contribution in [1.29, 1.82) is 0 Å². The highest BCUT2D eigenvalue weighted by Crippen LogP contribution is 2.66. The lowest BCUT2D eigenvalue weighted by Gasteiger charge is -2.25. The molecule has 1 amide bonds. The molecule has 2 aromatic carbocycles. The molecular formula is C49H71N6O21P3S2. The first-order valence-electron chi connectivity index (χ1n) is 25.7. The Morgan fingerprint density at radius 2 is 1.54 bits per heavy atom. The molecule has 4 heterocycles. The number of aliphatic hydroxyl groups is 1. The zero-order valence-corrected chi connectivity index (χ0v) is 50.2. The number of hydrogen-bond acceptors (Lipinski definition) is 18. The molecule has 6 rings (SSSR count). The Labute approximate surface area is 469 Å². The van der Waals surface area contributed by atoms with E-state index in [4.69, 9.17) is 14.5 Å². The highest BCUT2D eigenvalue weighted by atomic mass is 32.2. The summed E-state index contributed by atoms with van der Waals surface area (Å²) in [7, 11) is -26.2. The quantitative estimate of drug-likeness (QED) is 0.0238. The molecule has 27 nitrogen and oxygen atoms in total. The van der Waals surface area contributed by atoms with Crippen molar-refractivity contribution in [3.8, 4) is 0 Å². The van der Waals surface area contributed by atoms with Crippen molar-refractivity contribution >= 4 is 72.8 Å². The van der Waals surface area contributed by atoms with E-state index in [0.29, 0.717) is 43.5 Å². The number of benzene rings is 2. The molecular weight excluding hydrogens is 1170 g/mol. The summed E-state index contributed by atoms with van der Waals surface area (Å²) < 4.78 is 125. The van der Waals surface area contributed by atoms with Gasteiger partial charge in [0.2, 0.25) is 11.6 Å². The number of fused-ring (bicyclic) bond motifs is 2. The minimum absolute atomic E-state index is 0.0207. The van der Waals surface area contributed by atoms with Gasteiger partial charge in [-0.3, -0.25) is 28.2 Å². The van der Waals surface area contributed by atoms with Crippen LogP contribution in [0.4, 0.5) is 11.4 Å².